The highest BCUT2D eigenvalue weighted by Gasteiger charge is 2.17. The van der Waals surface area contributed by atoms with E-state index in [-0.39, 0.29) is 18.2 Å². The molecule has 1 aromatic carbocycles. The Bertz CT molecular complexity index is 903. The van der Waals surface area contributed by atoms with Crippen LogP contribution in [0.3, 0.4) is 0 Å². The molecular formula is C18H22N4O3S. The summed E-state index contributed by atoms with van der Waals surface area (Å²) in [6.45, 7) is 3.54. The van der Waals surface area contributed by atoms with E-state index in [1.165, 1.54) is 6.26 Å². The molecule has 0 aliphatic heterocycles. The van der Waals surface area contributed by atoms with Gasteiger partial charge in [0.1, 0.15) is 12.0 Å². The van der Waals surface area contributed by atoms with Crippen LogP contribution in [0, 0.1) is 6.92 Å². The van der Waals surface area contributed by atoms with Gasteiger partial charge in [-0.2, -0.15) is 0 Å². The molecule has 2 heterocycles. The summed E-state index contributed by atoms with van der Waals surface area (Å²) in [4.78, 5) is 24.7. The predicted molar refractivity (Wildman–Crippen MR) is 101 cm³/mol. The molecule has 0 unspecified atom stereocenters. The third-order valence-corrected chi connectivity index (χ3v) is 4.78. The highest BCUT2D eigenvalue weighted by atomic mass is 32.1. The van der Waals surface area contributed by atoms with Gasteiger partial charge in [0.15, 0.2) is 12.3 Å². The van der Waals surface area contributed by atoms with Gasteiger partial charge in [0, 0.05) is 26.2 Å². The molecule has 0 atom stereocenters. The lowest BCUT2D eigenvalue weighted by Gasteiger charge is -2.18. The van der Waals surface area contributed by atoms with E-state index in [4.69, 9.17) is 9.15 Å². The van der Waals surface area contributed by atoms with Crippen molar-refractivity contribution in [1.29, 1.82) is 0 Å². The van der Waals surface area contributed by atoms with Gasteiger partial charge < -0.3 is 19.0 Å². The van der Waals surface area contributed by atoms with E-state index in [1.807, 2.05) is 44.1 Å². The highest BCUT2D eigenvalue weighted by Crippen LogP contribution is 2.25. The maximum absolute atomic E-state index is 12.3. The zero-order chi connectivity index (χ0) is 18.7. The summed E-state index contributed by atoms with van der Waals surface area (Å²) in [7, 11) is 5.68. The first kappa shape index (κ1) is 18.3. The minimum absolute atomic E-state index is 0.156. The fourth-order valence-electron chi connectivity index (χ4n) is 2.38. The van der Waals surface area contributed by atoms with Gasteiger partial charge in [-0.3, -0.25) is 4.79 Å². The van der Waals surface area contributed by atoms with Crippen molar-refractivity contribution in [3.63, 3.8) is 0 Å². The van der Waals surface area contributed by atoms with Gasteiger partial charge >= 0.3 is 0 Å². The van der Waals surface area contributed by atoms with Crippen molar-refractivity contribution in [2.24, 2.45) is 0 Å². The summed E-state index contributed by atoms with van der Waals surface area (Å²) < 4.78 is 12.2. The first-order chi connectivity index (χ1) is 12.4. The van der Waals surface area contributed by atoms with Crippen molar-refractivity contribution >= 4 is 27.5 Å². The first-order valence-corrected chi connectivity index (χ1v) is 9.08. The third-order valence-electron chi connectivity index (χ3n) is 3.83. The van der Waals surface area contributed by atoms with Crippen molar-refractivity contribution in [1.82, 2.24) is 19.8 Å². The number of carbonyl (C=O) groups is 1. The fraction of sp³-hybridized carbons (Fsp3) is 0.389. The number of aromatic nitrogens is 2. The van der Waals surface area contributed by atoms with E-state index in [0.29, 0.717) is 18.2 Å². The summed E-state index contributed by atoms with van der Waals surface area (Å²) >= 11 is 1.65. The van der Waals surface area contributed by atoms with Gasteiger partial charge in [-0.1, -0.05) is 0 Å². The number of amides is 1. The lowest BCUT2D eigenvalue weighted by atomic mass is 10.3. The van der Waals surface area contributed by atoms with Gasteiger partial charge in [-0.25, -0.2) is 9.97 Å². The summed E-state index contributed by atoms with van der Waals surface area (Å²) in [6.07, 6.45) is 1.38. The number of rotatable bonds is 7. The van der Waals surface area contributed by atoms with Crippen molar-refractivity contribution in [3.8, 4) is 5.75 Å². The van der Waals surface area contributed by atoms with E-state index < -0.39 is 0 Å². The Hall–Kier alpha value is -2.45. The SMILES string of the molecule is Cc1nc2cc(OCc3nc(C(=O)N(C)CCN(C)C)co3)ccc2s1. The molecule has 0 aliphatic rings. The standard InChI is InChI=1S/C18H22N4O3S/c1-12-19-14-9-13(5-6-16(14)26-12)24-11-17-20-15(10-25-17)18(23)22(4)8-7-21(2)3/h5-6,9-10H,7-8,11H2,1-4H3. The van der Waals surface area contributed by atoms with E-state index in [0.717, 1.165) is 21.8 Å². The van der Waals surface area contributed by atoms with Crippen molar-refractivity contribution < 1.29 is 13.9 Å². The molecule has 3 aromatic rings. The Balaban J connectivity index is 1.59. The molecule has 0 spiro atoms. The van der Waals surface area contributed by atoms with Gasteiger partial charge in [-0.15, -0.1) is 11.3 Å². The van der Waals surface area contributed by atoms with Crippen LogP contribution in [0.25, 0.3) is 10.2 Å². The van der Waals surface area contributed by atoms with Crippen LogP contribution in [0.5, 0.6) is 5.75 Å². The predicted octanol–water partition coefficient (Wildman–Crippen LogP) is 2.81. The maximum Gasteiger partial charge on any atom is 0.275 e. The van der Waals surface area contributed by atoms with Crippen molar-refractivity contribution in [3.05, 3.63) is 41.1 Å². The largest absolute Gasteiger partial charge is 0.484 e. The monoisotopic (exact) mass is 374 g/mol. The molecule has 2 aromatic heterocycles. The van der Waals surface area contributed by atoms with Gasteiger partial charge in [0.05, 0.1) is 15.2 Å². The Morgan fingerprint density at radius 1 is 1.23 bits per heavy atom. The summed E-state index contributed by atoms with van der Waals surface area (Å²) in [6, 6.07) is 5.77. The molecule has 8 heteroatoms. The molecule has 0 N–H and O–H groups in total. The van der Waals surface area contributed by atoms with Gasteiger partial charge in [-0.05, 0) is 33.2 Å². The van der Waals surface area contributed by atoms with Crippen LogP contribution >= 0.6 is 11.3 Å². The number of hydrogen-bond acceptors (Lipinski definition) is 7. The number of benzene rings is 1. The van der Waals surface area contributed by atoms with Crippen LogP contribution in [0.4, 0.5) is 0 Å². The van der Waals surface area contributed by atoms with E-state index >= 15 is 0 Å². The van der Waals surface area contributed by atoms with Crippen molar-refractivity contribution in [2.75, 3.05) is 34.2 Å². The number of likely N-dealkylation sites (N-methyl/N-ethyl adjacent to an activating group) is 2. The minimum atomic E-state index is -0.166. The minimum Gasteiger partial charge on any atom is -0.484 e. The molecule has 3 rings (SSSR count). The number of carbonyl (C=O) groups excluding carboxylic acids is 1. The number of hydrogen-bond donors (Lipinski definition) is 0. The fourth-order valence-corrected chi connectivity index (χ4v) is 3.19. The second-order valence-electron chi connectivity index (χ2n) is 6.31. The lowest BCUT2D eigenvalue weighted by Crippen LogP contribution is -2.33. The number of aryl methyl sites for hydroxylation is 1. The van der Waals surface area contributed by atoms with E-state index in [1.54, 1.807) is 23.3 Å². The van der Waals surface area contributed by atoms with Crippen LogP contribution in [-0.4, -0.2) is 59.9 Å². The first-order valence-electron chi connectivity index (χ1n) is 8.27. The topological polar surface area (TPSA) is 71.7 Å². The zero-order valence-corrected chi connectivity index (χ0v) is 16.2. The van der Waals surface area contributed by atoms with E-state index in [2.05, 4.69) is 9.97 Å². The second kappa shape index (κ2) is 7.84. The molecular weight excluding hydrogens is 352 g/mol. The number of fused-ring (bicyclic) bond motifs is 1. The number of nitrogens with zero attached hydrogens (tertiary/aromatic N) is 4. The van der Waals surface area contributed by atoms with Crippen molar-refractivity contribution in [2.45, 2.75) is 13.5 Å². The Kier molecular flexibility index (Phi) is 5.53. The van der Waals surface area contributed by atoms with Crippen LogP contribution < -0.4 is 4.74 Å². The second-order valence-corrected chi connectivity index (χ2v) is 7.54. The average Bonchev–Trinajstić information content (AvgIpc) is 3.22. The van der Waals surface area contributed by atoms with E-state index in [9.17, 15) is 4.79 Å². The Morgan fingerprint density at radius 2 is 2.04 bits per heavy atom. The van der Waals surface area contributed by atoms with Gasteiger partial charge in [0.25, 0.3) is 5.91 Å². The van der Waals surface area contributed by atoms with Crippen LogP contribution in [-0.2, 0) is 6.61 Å². The summed E-state index contributed by atoms with van der Waals surface area (Å²) in [5, 5.41) is 1.02. The number of oxazole rings is 1. The van der Waals surface area contributed by atoms with Gasteiger partial charge in [0.2, 0.25) is 5.89 Å². The number of thiazole rings is 1. The Labute approximate surface area is 156 Å². The highest BCUT2D eigenvalue weighted by molar-refractivity contribution is 7.18. The molecule has 0 saturated carbocycles. The molecule has 0 bridgehead atoms. The molecule has 138 valence electrons. The molecule has 0 aliphatic carbocycles. The zero-order valence-electron chi connectivity index (χ0n) is 15.4. The Morgan fingerprint density at radius 3 is 2.81 bits per heavy atom. The molecule has 26 heavy (non-hydrogen) atoms. The van der Waals surface area contributed by atoms with Crippen LogP contribution in [0.1, 0.15) is 21.4 Å². The summed E-state index contributed by atoms with van der Waals surface area (Å²) in [5.74, 6) is 0.891. The molecule has 0 radical (unpaired) electrons. The molecule has 7 nitrogen and oxygen atoms in total. The maximum atomic E-state index is 12.3. The quantitative estimate of drug-likeness (QED) is 0.633. The third kappa shape index (κ3) is 4.39. The number of ether oxygens (including phenoxy) is 1. The van der Waals surface area contributed by atoms with Crippen LogP contribution in [0.15, 0.2) is 28.9 Å². The molecule has 1 amide bonds. The summed E-state index contributed by atoms with van der Waals surface area (Å²) in [5.41, 5.74) is 1.20. The smallest absolute Gasteiger partial charge is 0.275 e. The average molecular weight is 374 g/mol. The van der Waals surface area contributed by atoms with Crippen LogP contribution in [0.2, 0.25) is 0 Å². The molecule has 0 saturated heterocycles. The lowest BCUT2D eigenvalue weighted by molar-refractivity contribution is 0.0780. The normalized spacial score (nSPS) is 11.3. The molecule has 0 fully saturated rings.